The molecule has 0 aromatic heterocycles. The van der Waals surface area contributed by atoms with Crippen molar-refractivity contribution < 1.29 is 9.53 Å². The molecule has 130 valence electrons. The Kier molecular flexibility index (Phi) is 4.67. The first-order valence-electron chi connectivity index (χ1n) is 8.69. The fourth-order valence-corrected chi connectivity index (χ4v) is 3.26. The lowest BCUT2D eigenvalue weighted by Crippen LogP contribution is -2.43. The van der Waals surface area contributed by atoms with Gasteiger partial charge in [0.25, 0.3) is 0 Å². The highest BCUT2D eigenvalue weighted by Gasteiger charge is 2.36. The van der Waals surface area contributed by atoms with E-state index in [0.717, 1.165) is 48.2 Å². The number of aliphatic imine (C=N–C) groups is 1. The molecule has 0 bridgehead atoms. The van der Waals surface area contributed by atoms with Crippen LogP contribution in [0.15, 0.2) is 35.5 Å². The molecule has 0 spiro atoms. The Balaban J connectivity index is 1.67. The van der Waals surface area contributed by atoms with Crippen LogP contribution in [0.5, 0.6) is 0 Å². The van der Waals surface area contributed by atoms with Crippen LogP contribution in [0.3, 0.4) is 0 Å². The highest BCUT2D eigenvalue weighted by atomic mass is 16.6. The van der Waals surface area contributed by atoms with Crippen LogP contribution in [-0.2, 0) is 4.74 Å². The van der Waals surface area contributed by atoms with Crippen LogP contribution in [0.4, 0.5) is 4.79 Å². The Morgan fingerprint density at radius 3 is 2.68 bits per heavy atom. The molecule has 1 atom stereocenters. The van der Waals surface area contributed by atoms with Crippen LogP contribution < -0.4 is 0 Å². The molecule has 0 aliphatic carbocycles. The van der Waals surface area contributed by atoms with Crippen LogP contribution in [0.1, 0.15) is 51.2 Å². The van der Waals surface area contributed by atoms with Gasteiger partial charge in [-0.3, -0.25) is 9.89 Å². The highest BCUT2D eigenvalue weighted by molar-refractivity contribution is 6.02. The van der Waals surface area contributed by atoms with E-state index in [4.69, 9.17) is 11.2 Å². The standard InChI is InChI=1S/C21H24N2O2/c1-5-15-8-10-16(11-9-15)17-13-18(22-14-17)19-7-6-12-23(19)20(24)25-21(2,3)4/h1,8-11,14,19H,6-7,12-13H2,2-4H3/t19-/m0/s1. The van der Waals surface area contributed by atoms with Crippen molar-refractivity contribution in [1.82, 2.24) is 4.90 Å². The minimum atomic E-state index is -0.482. The van der Waals surface area contributed by atoms with E-state index in [1.807, 2.05) is 56.1 Å². The smallest absolute Gasteiger partial charge is 0.410 e. The van der Waals surface area contributed by atoms with E-state index < -0.39 is 5.60 Å². The molecule has 1 fully saturated rings. The molecule has 3 rings (SSSR count). The number of amides is 1. The van der Waals surface area contributed by atoms with Gasteiger partial charge in [0.1, 0.15) is 5.60 Å². The average Bonchev–Trinajstić information content (AvgIpc) is 3.22. The number of likely N-dealkylation sites (tertiary alicyclic amines) is 1. The second-order valence-electron chi connectivity index (χ2n) is 7.51. The number of hydrogen-bond donors (Lipinski definition) is 0. The van der Waals surface area contributed by atoms with Gasteiger partial charge in [-0.2, -0.15) is 0 Å². The van der Waals surface area contributed by atoms with Gasteiger partial charge in [-0.15, -0.1) is 6.42 Å². The Bertz CT molecular complexity index is 761. The number of rotatable bonds is 2. The predicted molar refractivity (Wildman–Crippen MR) is 100 cm³/mol. The van der Waals surface area contributed by atoms with Crippen LogP contribution in [-0.4, -0.2) is 34.9 Å². The lowest BCUT2D eigenvalue weighted by molar-refractivity contribution is 0.0265. The van der Waals surface area contributed by atoms with Crippen molar-refractivity contribution in [3.05, 3.63) is 41.6 Å². The Morgan fingerprint density at radius 2 is 2.04 bits per heavy atom. The van der Waals surface area contributed by atoms with Crippen molar-refractivity contribution in [3.63, 3.8) is 0 Å². The van der Waals surface area contributed by atoms with Crippen LogP contribution in [0.25, 0.3) is 5.57 Å². The van der Waals surface area contributed by atoms with Crippen molar-refractivity contribution in [2.75, 3.05) is 6.54 Å². The molecular formula is C21H24N2O2. The summed E-state index contributed by atoms with van der Waals surface area (Å²) in [7, 11) is 0. The van der Waals surface area contributed by atoms with Crippen molar-refractivity contribution in [2.24, 2.45) is 4.99 Å². The Hall–Kier alpha value is -2.54. The van der Waals surface area contributed by atoms with E-state index in [9.17, 15) is 4.79 Å². The summed E-state index contributed by atoms with van der Waals surface area (Å²) in [6, 6.07) is 7.97. The summed E-state index contributed by atoms with van der Waals surface area (Å²) in [5.74, 6) is 2.63. The van der Waals surface area contributed by atoms with Crippen molar-refractivity contribution >= 4 is 17.4 Å². The number of ether oxygens (including phenoxy) is 1. The molecule has 1 aromatic carbocycles. The van der Waals surface area contributed by atoms with E-state index in [1.54, 1.807) is 0 Å². The maximum Gasteiger partial charge on any atom is 0.410 e. The molecule has 1 aromatic rings. The SMILES string of the molecule is C#Cc1ccc(C2=CN=C([C@@H]3CCCN3C(=O)OC(C)(C)C)C2)cc1. The number of nitrogens with zero attached hydrogens (tertiary/aromatic N) is 2. The zero-order valence-electron chi connectivity index (χ0n) is 15.1. The largest absolute Gasteiger partial charge is 0.444 e. The van der Waals surface area contributed by atoms with Crippen LogP contribution in [0, 0.1) is 12.3 Å². The summed E-state index contributed by atoms with van der Waals surface area (Å²) in [5, 5.41) is 0. The maximum atomic E-state index is 12.5. The fourth-order valence-electron chi connectivity index (χ4n) is 3.26. The Labute approximate surface area is 149 Å². The van der Waals surface area contributed by atoms with E-state index in [0.29, 0.717) is 0 Å². The quantitative estimate of drug-likeness (QED) is 0.758. The van der Waals surface area contributed by atoms with Crippen LogP contribution >= 0.6 is 0 Å². The molecule has 2 aliphatic heterocycles. The molecule has 2 aliphatic rings. The first kappa shape index (κ1) is 17.3. The Morgan fingerprint density at radius 1 is 1.32 bits per heavy atom. The molecular weight excluding hydrogens is 312 g/mol. The van der Waals surface area contributed by atoms with Crippen molar-refractivity contribution in [1.29, 1.82) is 0 Å². The lowest BCUT2D eigenvalue weighted by Gasteiger charge is -2.28. The summed E-state index contributed by atoms with van der Waals surface area (Å²) in [5.41, 5.74) is 3.72. The monoisotopic (exact) mass is 336 g/mol. The van der Waals surface area contributed by atoms with E-state index in [2.05, 4.69) is 10.9 Å². The summed E-state index contributed by atoms with van der Waals surface area (Å²) >= 11 is 0. The highest BCUT2D eigenvalue weighted by Crippen LogP contribution is 2.30. The van der Waals surface area contributed by atoms with Gasteiger partial charge in [0.15, 0.2) is 0 Å². The van der Waals surface area contributed by atoms with Crippen LogP contribution in [0.2, 0.25) is 0 Å². The molecule has 0 radical (unpaired) electrons. The molecule has 4 nitrogen and oxygen atoms in total. The fraction of sp³-hybridized carbons (Fsp3) is 0.429. The van der Waals surface area contributed by atoms with Crippen molar-refractivity contribution in [3.8, 4) is 12.3 Å². The number of terminal acetylenes is 1. The van der Waals surface area contributed by atoms with Gasteiger partial charge >= 0.3 is 6.09 Å². The van der Waals surface area contributed by atoms with Gasteiger partial charge in [0.2, 0.25) is 0 Å². The van der Waals surface area contributed by atoms with E-state index in [-0.39, 0.29) is 12.1 Å². The summed E-state index contributed by atoms with van der Waals surface area (Å²) in [6.45, 7) is 6.40. The third kappa shape index (κ3) is 3.93. The molecule has 0 unspecified atom stereocenters. The third-order valence-electron chi connectivity index (χ3n) is 4.45. The minimum Gasteiger partial charge on any atom is -0.444 e. The summed E-state index contributed by atoms with van der Waals surface area (Å²) in [6.07, 6.45) is 9.76. The molecule has 0 N–H and O–H groups in total. The first-order valence-corrected chi connectivity index (χ1v) is 8.69. The first-order chi connectivity index (χ1) is 11.9. The number of carbonyl (C=O) groups excluding carboxylic acids is 1. The van der Waals surface area contributed by atoms with Gasteiger partial charge in [0.05, 0.1) is 6.04 Å². The summed E-state index contributed by atoms with van der Waals surface area (Å²) in [4.78, 5) is 18.9. The van der Waals surface area contributed by atoms with Gasteiger partial charge in [-0.05, 0) is 56.9 Å². The topological polar surface area (TPSA) is 41.9 Å². The zero-order chi connectivity index (χ0) is 18.0. The molecule has 0 saturated carbocycles. The minimum absolute atomic E-state index is 0.0357. The van der Waals surface area contributed by atoms with Gasteiger partial charge in [0, 0.05) is 30.4 Å². The average molecular weight is 336 g/mol. The van der Waals surface area contributed by atoms with Gasteiger partial charge in [-0.25, -0.2) is 4.79 Å². The van der Waals surface area contributed by atoms with E-state index in [1.165, 1.54) is 0 Å². The van der Waals surface area contributed by atoms with Gasteiger partial charge < -0.3 is 4.74 Å². The lowest BCUT2D eigenvalue weighted by atomic mass is 9.98. The predicted octanol–water partition coefficient (Wildman–Crippen LogP) is 4.25. The third-order valence-corrected chi connectivity index (χ3v) is 4.45. The van der Waals surface area contributed by atoms with E-state index >= 15 is 0 Å². The molecule has 25 heavy (non-hydrogen) atoms. The zero-order valence-corrected chi connectivity index (χ0v) is 15.1. The molecule has 2 heterocycles. The number of carbonyl (C=O) groups is 1. The number of allylic oxidation sites excluding steroid dienone is 1. The second-order valence-corrected chi connectivity index (χ2v) is 7.51. The molecule has 1 amide bonds. The number of hydrogen-bond acceptors (Lipinski definition) is 3. The molecule has 1 saturated heterocycles. The normalized spacial score (nSPS) is 20.1. The number of benzene rings is 1. The molecule has 4 heteroatoms. The second kappa shape index (κ2) is 6.76. The maximum absolute atomic E-state index is 12.5. The van der Waals surface area contributed by atoms with Crippen molar-refractivity contribution in [2.45, 2.75) is 51.7 Å². The van der Waals surface area contributed by atoms with Gasteiger partial charge in [-0.1, -0.05) is 18.1 Å². The summed E-state index contributed by atoms with van der Waals surface area (Å²) < 4.78 is 5.54.